The van der Waals surface area contributed by atoms with E-state index in [1.165, 1.54) is 308 Å². The topological polar surface area (TPSA) is 134 Å². The van der Waals surface area contributed by atoms with Crippen LogP contribution in [0.1, 0.15) is 373 Å². The first-order chi connectivity index (χ1) is 36.8. The fourth-order valence-electron chi connectivity index (χ4n) is 10.5. The molecule has 0 aliphatic heterocycles. The van der Waals surface area contributed by atoms with Gasteiger partial charge in [-0.3, -0.25) is 18.6 Å². The van der Waals surface area contributed by atoms with Gasteiger partial charge in [-0.25, -0.2) is 4.57 Å². The van der Waals surface area contributed by atoms with E-state index in [-0.39, 0.29) is 38.6 Å². The molecule has 448 valence electrons. The van der Waals surface area contributed by atoms with Gasteiger partial charge in [-0.2, -0.15) is 0 Å². The predicted molar refractivity (Wildman–Crippen MR) is 322 cm³/mol. The predicted octanol–water partition coefficient (Wildman–Crippen LogP) is 21.4. The summed E-state index contributed by atoms with van der Waals surface area (Å²) in [5.41, 5.74) is 5.39. The van der Waals surface area contributed by atoms with E-state index in [9.17, 15) is 19.0 Å². The van der Waals surface area contributed by atoms with E-state index >= 15 is 0 Å². The highest BCUT2D eigenvalue weighted by molar-refractivity contribution is 7.47. The Kier molecular flexibility index (Phi) is 61.4. The third-order valence-corrected chi connectivity index (χ3v) is 16.5. The molecule has 0 saturated carbocycles. The van der Waals surface area contributed by atoms with Crippen molar-refractivity contribution in [1.29, 1.82) is 0 Å². The maximum Gasteiger partial charge on any atom is 0.472 e. The molecule has 75 heavy (non-hydrogen) atoms. The van der Waals surface area contributed by atoms with E-state index in [2.05, 4.69) is 13.8 Å². The van der Waals surface area contributed by atoms with Gasteiger partial charge in [-0.15, -0.1) is 0 Å². The molecule has 0 radical (unpaired) electrons. The second-order valence-electron chi connectivity index (χ2n) is 23.1. The number of nitrogens with two attached hydrogens (primary N) is 1. The number of phosphoric acid groups is 1. The van der Waals surface area contributed by atoms with Crippen LogP contribution in [0, 0.1) is 0 Å². The lowest BCUT2D eigenvalue weighted by molar-refractivity contribution is -0.161. The molecule has 0 heterocycles. The van der Waals surface area contributed by atoms with Crippen LogP contribution in [0.4, 0.5) is 0 Å². The Morgan fingerprint density at radius 1 is 0.347 bits per heavy atom. The molecule has 0 aromatic rings. The molecular weight excluding hydrogens is 954 g/mol. The average Bonchev–Trinajstić information content (AvgIpc) is 3.40. The average molecular weight is 1080 g/mol. The molecule has 0 aliphatic carbocycles. The van der Waals surface area contributed by atoms with Crippen LogP contribution < -0.4 is 5.73 Å². The number of phosphoric ester groups is 1. The SMILES string of the molecule is CCCCCCCCCCCCCCCCCCCCCCCCCCCCCCCCCCCCCCCC(=O)OC(COC(=O)CCCCCCCCCCCCCCCCCCC)COP(=O)(O)OCCN. The summed E-state index contributed by atoms with van der Waals surface area (Å²) in [6, 6.07) is 0. The molecule has 0 aromatic heterocycles. The lowest BCUT2D eigenvalue weighted by Gasteiger charge is -2.19. The number of carbonyl (C=O) groups excluding carboxylic acids is 2. The Morgan fingerprint density at radius 3 is 0.813 bits per heavy atom. The van der Waals surface area contributed by atoms with Gasteiger partial charge in [0, 0.05) is 19.4 Å². The molecule has 2 unspecified atom stereocenters. The van der Waals surface area contributed by atoms with Crippen molar-refractivity contribution in [3.8, 4) is 0 Å². The molecule has 0 rings (SSSR count). The van der Waals surface area contributed by atoms with E-state index in [0.29, 0.717) is 6.42 Å². The lowest BCUT2D eigenvalue weighted by Crippen LogP contribution is -2.29. The summed E-state index contributed by atoms with van der Waals surface area (Å²) in [4.78, 5) is 35.2. The number of esters is 2. The molecular formula is C65H130NO8P. The number of hydrogen-bond donors (Lipinski definition) is 2. The Morgan fingerprint density at radius 2 is 0.573 bits per heavy atom. The minimum absolute atomic E-state index is 0.0587. The fraction of sp³-hybridized carbons (Fsp3) is 0.969. The van der Waals surface area contributed by atoms with E-state index in [1.807, 2.05) is 0 Å². The lowest BCUT2D eigenvalue weighted by atomic mass is 10.0. The van der Waals surface area contributed by atoms with Gasteiger partial charge in [-0.1, -0.05) is 348 Å². The van der Waals surface area contributed by atoms with Gasteiger partial charge in [0.05, 0.1) is 13.2 Å². The van der Waals surface area contributed by atoms with Gasteiger partial charge in [0.25, 0.3) is 0 Å². The molecule has 0 saturated heterocycles. The highest BCUT2D eigenvalue weighted by Crippen LogP contribution is 2.43. The summed E-state index contributed by atoms with van der Waals surface area (Å²) < 4.78 is 33.1. The summed E-state index contributed by atoms with van der Waals surface area (Å²) in [6.07, 6.45) is 72.1. The van der Waals surface area contributed by atoms with Gasteiger partial charge in [0.2, 0.25) is 0 Å². The van der Waals surface area contributed by atoms with Crippen LogP contribution in [0.5, 0.6) is 0 Å². The van der Waals surface area contributed by atoms with Crippen LogP contribution >= 0.6 is 7.82 Å². The molecule has 3 N–H and O–H groups in total. The van der Waals surface area contributed by atoms with Crippen LogP contribution in [0.2, 0.25) is 0 Å². The third-order valence-electron chi connectivity index (χ3n) is 15.5. The van der Waals surface area contributed by atoms with Gasteiger partial charge in [0.1, 0.15) is 6.61 Å². The quantitative estimate of drug-likeness (QED) is 0.0347. The third kappa shape index (κ3) is 62.1. The molecule has 2 atom stereocenters. The van der Waals surface area contributed by atoms with E-state index < -0.39 is 26.5 Å². The van der Waals surface area contributed by atoms with Crippen molar-refractivity contribution in [3.05, 3.63) is 0 Å². The van der Waals surface area contributed by atoms with Crippen molar-refractivity contribution in [2.24, 2.45) is 5.73 Å². The maximum atomic E-state index is 12.7. The van der Waals surface area contributed by atoms with Crippen LogP contribution in [-0.2, 0) is 32.7 Å². The number of ether oxygens (including phenoxy) is 2. The monoisotopic (exact) mass is 1080 g/mol. The van der Waals surface area contributed by atoms with Crippen molar-refractivity contribution < 1.29 is 37.6 Å². The van der Waals surface area contributed by atoms with E-state index in [4.69, 9.17) is 24.3 Å². The summed E-state index contributed by atoms with van der Waals surface area (Å²) in [5, 5.41) is 0. The minimum atomic E-state index is -4.38. The summed E-state index contributed by atoms with van der Waals surface area (Å²) in [5.74, 6) is -0.801. The first-order valence-electron chi connectivity index (χ1n) is 33.5. The molecule has 10 heteroatoms. The summed E-state index contributed by atoms with van der Waals surface area (Å²) >= 11 is 0. The van der Waals surface area contributed by atoms with Crippen molar-refractivity contribution >= 4 is 19.8 Å². The van der Waals surface area contributed by atoms with E-state index in [1.54, 1.807) is 0 Å². The highest BCUT2D eigenvalue weighted by Gasteiger charge is 2.26. The van der Waals surface area contributed by atoms with Crippen molar-refractivity contribution in [2.75, 3.05) is 26.4 Å². The second kappa shape index (κ2) is 62.2. The van der Waals surface area contributed by atoms with Gasteiger partial charge in [-0.05, 0) is 12.8 Å². The minimum Gasteiger partial charge on any atom is -0.462 e. The smallest absolute Gasteiger partial charge is 0.462 e. The molecule has 0 aliphatic rings. The zero-order valence-corrected chi connectivity index (χ0v) is 51.2. The Hall–Kier alpha value is -0.990. The zero-order chi connectivity index (χ0) is 54.5. The molecule has 9 nitrogen and oxygen atoms in total. The zero-order valence-electron chi connectivity index (χ0n) is 50.3. The van der Waals surface area contributed by atoms with Gasteiger partial charge in [0.15, 0.2) is 6.10 Å². The summed E-state index contributed by atoms with van der Waals surface area (Å²) in [7, 11) is -4.38. The first kappa shape index (κ1) is 74.0. The largest absolute Gasteiger partial charge is 0.472 e. The van der Waals surface area contributed by atoms with Crippen LogP contribution in [0.3, 0.4) is 0 Å². The van der Waals surface area contributed by atoms with E-state index in [0.717, 1.165) is 32.1 Å². The number of hydrogen-bond acceptors (Lipinski definition) is 8. The number of carbonyl (C=O) groups is 2. The Labute approximate surface area is 467 Å². The van der Waals surface area contributed by atoms with Gasteiger partial charge >= 0.3 is 19.8 Å². The second-order valence-corrected chi connectivity index (χ2v) is 24.5. The van der Waals surface area contributed by atoms with Crippen molar-refractivity contribution in [1.82, 2.24) is 0 Å². The standard InChI is InChI=1S/C65H130NO8P/c1-3-5-7-9-11-13-15-17-19-21-22-23-24-25-26-27-28-29-30-31-32-33-34-35-36-37-38-39-40-42-44-46-48-50-52-54-56-58-65(68)74-63(62-73-75(69,70)72-60-59-66)61-71-64(67)57-55-53-51-49-47-45-43-41-20-18-16-14-12-10-8-6-4-2/h63H,3-62,66H2,1-2H3,(H,69,70). The molecule has 0 amide bonds. The maximum absolute atomic E-state index is 12.7. The molecule has 0 spiro atoms. The van der Waals surface area contributed by atoms with Crippen molar-refractivity contribution in [2.45, 2.75) is 380 Å². The Balaban J connectivity index is 3.73. The van der Waals surface area contributed by atoms with Gasteiger partial charge < -0.3 is 20.1 Å². The van der Waals surface area contributed by atoms with Crippen LogP contribution in [0.15, 0.2) is 0 Å². The molecule has 0 fully saturated rings. The normalized spacial score (nSPS) is 12.9. The Bertz CT molecular complexity index is 1190. The number of unbranched alkanes of at least 4 members (excludes halogenated alkanes) is 52. The fourth-order valence-corrected chi connectivity index (χ4v) is 11.3. The van der Waals surface area contributed by atoms with Crippen LogP contribution in [-0.4, -0.2) is 49.3 Å². The highest BCUT2D eigenvalue weighted by atomic mass is 31.2. The number of rotatable bonds is 65. The van der Waals surface area contributed by atoms with Crippen LogP contribution in [0.25, 0.3) is 0 Å². The first-order valence-corrected chi connectivity index (χ1v) is 35.0. The molecule has 0 bridgehead atoms. The summed E-state index contributed by atoms with van der Waals surface area (Å²) in [6.45, 7) is 3.83. The molecule has 0 aromatic carbocycles. The van der Waals surface area contributed by atoms with Crippen molar-refractivity contribution in [3.63, 3.8) is 0 Å².